The minimum absolute atomic E-state index is 0.0522. The fourth-order valence-electron chi connectivity index (χ4n) is 0.782. The third-order valence-corrected chi connectivity index (χ3v) is 2.57. The van der Waals surface area contributed by atoms with Gasteiger partial charge in [-0.3, -0.25) is 0 Å². The van der Waals surface area contributed by atoms with Gasteiger partial charge in [0, 0.05) is 0 Å². The van der Waals surface area contributed by atoms with Crippen LogP contribution < -0.4 is 0 Å². The predicted octanol–water partition coefficient (Wildman–Crippen LogP) is 1.65. The second-order valence-corrected chi connectivity index (χ2v) is 6.24. The Morgan fingerprint density at radius 1 is 1.33 bits per heavy atom. The van der Waals surface area contributed by atoms with E-state index < -0.39 is 0 Å². The summed E-state index contributed by atoms with van der Waals surface area (Å²) in [5, 5.41) is 5.40. The van der Waals surface area contributed by atoms with Gasteiger partial charge in [-0.25, -0.2) is 9.67 Å². The molecule has 1 aromatic heterocycles. The Balaban J connectivity index is 2.92. The van der Waals surface area contributed by atoms with Crippen LogP contribution in [-0.4, -0.2) is 27.3 Å². The van der Waals surface area contributed by atoms with E-state index in [1.54, 1.807) is 0 Å². The number of rotatable bonds is 1. The third-order valence-electron chi connectivity index (χ3n) is 1.57. The summed E-state index contributed by atoms with van der Waals surface area (Å²) in [6, 6.07) is 0. The molecule has 70 valence electrons. The quantitative estimate of drug-likeness (QED) is 0.678. The molecule has 0 N–H and O–H groups in total. The van der Waals surface area contributed by atoms with E-state index in [0.717, 1.165) is 5.16 Å². The smallest absolute Gasteiger partial charge is 0.188 e. The fraction of sp³-hybridized carbons (Fsp3) is 0.750. The summed E-state index contributed by atoms with van der Waals surface area (Å²) in [5.41, 5.74) is 0.0522. The Bertz CT molecular complexity index is 260. The van der Waals surface area contributed by atoms with Crippen molar-refractivity contribution in [3.05, 3.63) is 6.33 Å². The van der Waals surface area contributed by atoms with Gasteiger partial charge in [0.15, 0.2) is 5.16 Å². The summed E-state index contributed by atoms with van der Waals surface area (Å²) in [4.78, 5) is 4.26. The Hall–Kier alpha value is -0.510. The van der Waals surface area contributed by atoms with Crippen LogP contribution in [0.3, 0.4) is 0 Å². The van der Waals surface area contributed by atoms with E-state index in [4.69, 9.17) is 0 Å². The zero-order valence-corrected chi connectivity index (χ0v) is 9.26. The van der Waals surface area contributed by atoms with Crippen LogP contribution in [-0.2, 0) is 5.54 Å². The summed E-state index contributed by atoms with van der Waals surface area (Å²) in [5.74, 6) is 0. The highest BCUT2D eigenvalue weighted by Gasteiger charge is 2.14. The van der Waals surface area contributed by atoms with Crippen molar-refractivity contribution in [1.82, 2.24) is 14.8 Å². The largest absolute Gasteiger partial charge is 0.247 e. The average molecular weight is 187 g/mol. The van der Waals surface area contributed by atoms with Crippen molar-refractivity contribution in [2.75, 3.05) is 12.5 Å². The maximum absolute atomic E-state index is 4.42. The molecule has 1 heterocycles. The summed E-state index contributed by atoms with van der Waals surface area (Å²) in [6.45, 7) is 6.37. The molecule has 0 spiro atoms. The lowest BCUT2D eigenvalue weighted by Crippen LogP contribution is -2.22. The molecule has 1 aromatic rings. The molecular weight excluding hydrogens is 170 g/mol. The summed E-state index contributed by atoms with van der Waals surface area (Å²) < 4.78 is 1.92. The second kappa shape index (κ2) is 3.09. The van der Waals surface area contributed by atoms with Crippen LogP contribution in [0.4, 0.5) is 0 Å². The molecule has 0 fully saturated rings. The predicted molar refractivity (Wildman–Crippen MR) is 54.1 cm³/mol. The molecule has 4 heteroatoms. The van der Waals surface area contributed by atoms with E-state index in [0.29, 0.717) is 0 Å². The summed E-state index contributed by atoms with van der Waals surface area (Å²) in [6.07, 6.45) is 6.15. The fourth-order valence-corrected chi connectivity index (χ4v) is 1.34. The molecule has 1 rings (SSSR count). The first-order valence-electron chi connectivity index (χ1n) is 4.01. The molecule has 0 aliphatic heterocycles. The van der Waals surface area contributed by atoms with Crippen molar-refractivity contribution in [1.29, 1.82) is 0 Å². The molecule has 0 aliphatic rings. The van der Waals surface area contributed by atoms with Crippen LogP contribution in [0.5, 0.6) is 0 Å². The monoisotopic (exact) mass is 187 g/mol. The normalized spacial score (nSPS) is 13.2. The first kappa shape index (κ1) is 9.58. The highest BCUT2D eigenvalue weighted by molar-refractivity contribution is 8.15. The van der Waals surface area contributed by atoms with Crippen molar-refractivity contribution in [3.8, 4) is 0 Å². The van der Waals surface area contributed by atoms with Crippen LogP contribution in [0, 0.1) is 0 Å². The van der Waals surface area contributed by atoms with Crippen molar-refractivity contribution in [2.24, 2.45) is 0 Å². The Morgan fingerprint density at radius 3 is 2.17 bits per heavy atom. The SMILES string of the molecule is C[SH](C)c1ncn(C(C)(C)C)n1. The second-order valence-electron chi connectivity index (χ2n) is 4.05. The molecule has 0 radical (unpaired) electrons. The topological polar surface area (TPSA) is 30.7 Å². The first-order valence-corrected chi connectivity index (χ1v) is 6.24. The van der Waals surface area contributed by atoms with Crippen molar-refractivity contribution >= 4 is 10.9 Å². The van der Waals surface area contributed by atoms with Gasteiger partial charge >= 0.3 is 0 Å². The molecule has 0 aromatic carbocycles. The summed E-state index contributed by atoms with van der Waals surface area (Å²) >= 11 is 0. The lowest BCUT2D eigenvalue weighted by atomic mass is 10.1. The van der Waals surface area contributed by atoms with Gasteiger partial charge in [0.1, 0.15) is 6.33 Å². The van der Waals surface area contributed by atoms with Gasteiger partial charge in [-0.2, -0.15) is 10.9 Å². The Kier molecular flexibility index (Phi) is 2.46. The van der Waals surface area contributed by atoms with E-state index in [1.807, 2.05) is 11.0 Å². The Labute approximate surface area is 76.5 Å². The van der Waals surface area contributed by atoms with Crippen LogP contribution in [0.25, 0.3) is 0 Å². The molecule has 0 atom stereocenters. The molecular formula is C8H17N3S. The minimum atomic E-state index is -0.165. The highest BCUT2D eigenvalue weighted by Crippen LogP contribution is 2.24. The maximum atomic E-state index is 4.42. The van der Waals surface area contributed by atoms with E-state index in [2.05, 4.69) is 43.4 Å². The average Bonchev–Trinajstić information content (AvgIpc) is 2.30. The highest BCUT2D eigenvalue weighted by atomic mass is 32.2. The van der Waals surface area contributed by atoms with Gasteiger partial charge in [-0.05, 0) is 33.3 Å². The van der Waals surface area contributed by atoms with Gasteiger partial charge < -0.3 is 0 Å². The molecule has 0 unspecified atom stereocenters. The molecule has 0 amide bonds. The van der Waals surface area contributed by atoms with Crippen molar-refractivity contribution in [2.45, 2.75) is 31.5 Å². The van der Waals surface area contributed by atoms with Crippen LogP contribution in [0.2, 0.25) is 0 Å². The van der Waals surface area contributed by atoms with E-state index in [-0.39, 0.29) is 16.4 Å². The van der Waals surface area contributed by atoms with E-state index in [1.165, 1.54) is 0 Å². The maximum Gasteiger partial charge on any atom is 0.188 e. The van der Waals surface area contributed by atoms with Gasteiger partial charge in [0.25, 0.3) is 0 Å². The van der Waals surface area contributed by atoms with Gasteiger partial charge in [-0.15, -0.1) is 5.10 Å². The molecule has 3 nitrogen and oxygen atoms in total. The van der Waals surface area contributed by atoms with Gasteiger partial charge in [-0.1, -0.05) is 0 Å². The van der Waals surface area contributed by atoms with Crippen LogP contribution in [0.15, 0.2) is 11.5 Å². The minimum Gasteiger partial charge on any atom is -0.247 e. The number of aromatic nitrogens is 3. The third kappa shape index (κ3) is 2.00. The van der Waals surface area contributed by atoms with Crippen LogP contribution >= 0.6 is 10.9 Å². The van der Waals surface area contributed by atoms with E-state index in [9.17, 15) is 0 Å². The van der Waals surface area contributed by atoms with Gasteiger partial charge in [0.2, 0.25) is 0 Å². The molecule has 0 aliphatic carbocycles. The van der Waals surface area contributed by atoms with Crippen molar-refractivity contribution < 1.29 is 0 Å². The molecule has 0 saturated carbocycles. The zero-order chi connectivity index (χ0) is 9.35. The van der Waals surface area contributed by atoms with Gasteiger partial charge in [0.05, 0.1) is 5.54 Å². The number of nitrogens with zero attached hydrogens (tertiary/aromatic N) is 3. The first-order chi connectivity index (χ1) is 5.41. The number of thiol groups is 1. The lowest BCUT2D eigenvalue weighted by molar-refractivity contribution is 0.350. The zero-order valence-electron chi connectivity index (χ0n) is 8.37. The lowest BCUT2D eigenvalue weighted by Gasteiger charge is -2.17. The molecule has 12 heavy (non-hydrogen) atoms. The number of hydrogen-bond acceptors (Lipinski definition) is 2. The van der Waals surface area contributed by atoms with Crippen molar-refractivity contribution in [3.63, 3.8) is 0 Å². The van der Waals surface area contributed by atoms with E-state index >= 15 is 0 Å². The molecule has 0 bridgehead atoms. The number of hydrogen-bond donors (Lipinski definition) is 1. The molecule has 0 saturated heterocycles. The Morgan fingerprint density at radius 2 is 1.92 bits per heavy atom. The van der Waals surface area contributed by atoms with Crippen LogP contribution in [0.1, 0.15) is 20.8 Å². The standard InChI is InChI=1S/C8H17N3S/c1-8(2,3)11-6-9-7(10-11)12(4)5/h6,12H,1-5H3. The summed E-state index contributed by atoms with van der Waals surface area (Å²) in [7, 11) is -0.165.